The number of hydrogen-bond donors (Lipinski definition) is 2. The summed E-state index contributed by atoms with van der Waals surface area (Å²) < 4.78 is 0. The highest BCUT2D eigenvalue weighted by atomic mass is 16.2. The normalized spacial score (nSPS) is 15.0. The Kier molecular flexibility index (Phi) is 3.08. The first-order valence-corrected chi connectivity index (χ1v) is 5.71. The molecule has 0 unspecified atom stereocenters. The molecular formula is C12H16N4O. The number of nitrogen functional groups attached to an aromatic ring is 1. The Labute approximate surface area is 100 Å². The average Bonchev–Trinajstić information content (AvgIpc) is 2.81. The van der Waals surface area contributed by atoms with Crippen LogP contribution in [0.5, 0.6) is 0 Å². The number of likely N-dealkylation sites (tertiary alicyclic amines) is 1. The molecule has 1 saturated heterocycles. The van der Waals surface area contributed by atoms with Gasteiger partial charge in [-0.2, -0.15) is 0 Å². The summed E-state index contributed by atoms with van der Waals surface area (Å²) >= 11 is 0. The highest BCUT2D eigenvalue weighted by molar-refractivity contribution is 6.01. The first-order valence-electron chi connectivity index (χ1n) is 5.71. The minimum atomic E-state index is -0.0648. The maximum absolute atomic E-state index is 12.1. The summed E-state index contributed by atoms with van der Waals surface area (Å²) in [7, 11) is 0. The molecule has 1 fully saturated rings. The smallest absolute Gasteiger partial charge is 0.272 e. The molecule has 17 heavy (non-hydrogen) atoms. The van der Waals surface area contributed by atoms with Crippen molar-refractivity contribution in [2.24, 2.45) is 0 Å². The SMILES string of the molecule is CC(=N)c1nc(C(=O)N2CCCC2)ccc1N. The van der Waals surface area contributed by atoms with Gasteiger partial charge in [-0.15, -0.1) is 0 Å². The first kappa shape index (κ1) is 11.6. The lowest BCUT2D eigenvalue weighted by Gasteiger charge is -2.15. The molecule has 0 atom stereocenters. The van der Waals surface area contributed by atoms with Crippen LogP contribution in [0.2, 0.25) is 0 Å². The molecule has 0 spiro atoms. The third-order valence-electron chi connectivity index (χ3n) is 2.89. The van der Waals surface area contributed by atoms with Gasteiger partial charge in [0.1, 0.15) is 11.4 Å². The quantitative estimate of drug-likeness (QED) is 0.753. The van der Waals surface area contributed by atoms with Crippen LogP contribution in [0.15, 0.2) is 12.1 Å². The lowest BCUT2D eigenvalue weighted by atomic mass is 10.2. The number of anilines is 1. The van der Waals surface area contributed by atoms with E-state index in [2.05, 4.69) is 4.98 Å². The zero-order valence-electron chi connectivity index (χ0n) is 9.86. The zero-order chi connectivity index (χ0) is 12.4. The highest BCUT2D eigenvalue weighted by Crippen LogP contribution is 2.15. The minimum Gasteiger partial charge on any atom is -0.397 e. The second-order valence-electron chi connectivity index (χ2n) is 4.26. The molecule has 0 saturated carbocycles. The Balaban J connectivity index is 2.29. The van der Waals surface area contributed by atoms with Crippen molar-refractivity contribution in [1.29, 1.82) is 5.41 Å². The summed E-state index contributed by atoms with van der Waals surface area (Å²) in [5.41, 5.74) is 7.21. The van der Waals surface area contributed by atoms with Crippen LogP contribution in [-0.2, 0) is 0 Å². The molecule has 0 bridgehead atoms. The van der Waals surface area contributed by atoms with E-state index in [-0.39, 0.29) is 11.6 Å². The molecule has 1 aliphatic rings. The third-order valence-corrected chi connectivity index (χ3v) is 2.89. The van der Waals surface area contributed by atoms with Gasteiger partial charge in [-0.1, -0.05) is 0 Å². The second-order valence-corrected chi connectivity index (χ2v) is 4.26. The largest absolute Gasteiger partial charge is 0.397 e. The second kappa shape index (κ2) is 4.53. The van der Waals surface area contributed by atoms with Crippen molar-refractivity contribution in [3.05, 3.63) is 23.5 Å². The van der Waals surface area contributed by atoms with Crippen molar-refractivity contribution < 1.29 is 4.79 Å². The van der Waals surface area contributed by atoms with Crippen molar-refractivity contribution in [3.63, 3.8) is 0 Å². The van der Waals surface area contributed by atoms with E-state index in [9.17, 15) is 4.79 Å². The number of hydrogen-bond acceptors (Lipinski definition) is 4. The fourth-order valence-corrected chi connectivity index (χ4v) is 1.97. The van der Waals surface area contributed by atoms with Crippen LogP contribution >= 0.6 is 0 Å². The maximum Gasteiger partial charge on any atom is 0.272 e. The third kappa shape index (κ3) is 2.27. The topological polar surface area (TPSA) is 83.1 Å². The fourth-order valence-electron chi connectivity index (χ4n) is 1.97. The lowest BCUT2D eigenvalue weighted by Crippen LogP contribution is -2.28. The van der Waals surface area contributed by atoms with Gasteiger partial charge in [0.05, 0.1) is 11.4 Å². The van der Waals surface area contributed by atoms with E-state index in [0.29, 0.717) is 17.1 Å². The van der Waals surface area contributed by atoms with Crippen molar-refractivity contribution in [2.45, 2.75) is 19.8 Å². The summed E-state index contributed by atoms with van der Waals surface area (Å²) in [5.74, 6) is -0.0648. The summed E-state index contributed by atoms with van der Waals surface area (Å²) in [6.07, 6.45) is 2.11. The molecule has 3 N–H and O–H groups in total. The van der Waals surface area contributed by atoms with E-state index in [1.54, 1.807) is 24.0 Å². The molecule has 1 aliphatic heterocycles. The fraction of sp³-hybridized carbons (Fsp3) is 0.417. The van der Waals surface area contributed by atoms with Crippen LogP contribution in [0.4, 0.5) is 5.69 Å². The molecule has 0 aliphatic carbocycles. The Morgan fingerprint density at radius 1 is 1.41 bits per heavy atom. The van der Waals surface area contributed by atoms with Crippen LogP contribution in [0, 0.1) is 5.41 Å². The van der Waals surface area contributed by atoms with Crippen LogP contribution in [0.1, 0.15) is 35.9 Å². The number of carbonyl (C=O) groups excluding carboxylic acids is 1. The number of nitrogens with two attached hydrogens (primary N) is 1. The summed E-state index contributed by atoms with van der Waals surface area (Å²) in [5, 5.41) is 7.56. The molecule has 5 nitrogen and oxygen atoms in total. The highest BCUT2D eigenvalue weighted by Gasteiger charge is 2.21. The van der Waals surface area contributed by atoms with E-state index in [1.807, 2.05) is 0 Å². The standard InChI is InChI=1S/C12H16N4O/c1-8(13)11-9(14)4-5-10(15-11)12(17)16-6-2-3-7-16/h4-5,13H,2-3,6-7,14H2,1H3. The Hall–Kier alpha value is -1.91. The van der Waals surface area contributed by atoms with Crippen LogP contribution in [0.3, 0.4) is 0 Å². The van der Waals surface area contributed by atoms with E-state index in [0.717, 1.165) is 25.9 Å². The van der Waals surface area contributed by atoms with Crippen LogP contribution < -0.4 is 5.73 Å². The van der Waals surface area contributed by atoms with Gasteiger partial charge in [-0.3, -0.25) is 4.79 Å². The van der Waals surface area contributed by atoms with Crippen LogP contribution in [-0.4, -0.2) is 34.6 Å². The van der Waals surface area contributed by atoms with Crippen molar-refractivity contribution in [1.82, 2.24) is 9.88 Å². The number of amides is 1. The first-order chi connectivity index (χ1) is 8.09. The molecule has 0 radical (unpaired) electrons. The number of pyridine rings is 1. The molecule has 5 heteroatoms. The zero-order valence-corrected chi connectivity index (χ0v) is 9.86. The van der Waals surface area contributed by atoms with Gasteiger partial charge >= 0.3 is 0 Å². The van der Waals surface area contributed by atoms with Crippen molar-refractivity contribution in [2.75, 3.05) is 18.8 Å². The van der Waals surface area contributed by atoms with Gasteiger partial charge < -0.3 is 16.0 Å². The predicted octanol–water partition coefficient (Wildman–Crippen LogP) is 1.29. The summed E-state index contributed by atoms with van der Waals surface area (Å²) in [6, 6.07) is 3.27. The van der Waals surface area contributed by atoms with Crippen LogP contribution in [0.25, 0.3) is 0 Å². The Morgan fingerprint density at radius 3 is 2.65 bits per heavy atom. The molecule has 1 amide bonds. The van der Waals surface area contributed by atoms with Gasteiger partial charge in [-0.25, -0.2) is 4.98 Å². The van der Waals surface area contributed by atoms with E-state index in [1.165, 1.54) is 0 Å². The van der Waals surface area contributed by atoms with Crippen molar-refractivity contribution >= 4 is 17.3 Å². The number of nitrogens with one attached hydrogen (secondary N) is 1. The van der Waals surface area contributed by atoms with Gasteiger partial charge in [0, 0.05) is 13.1 Å². The molecule has 2 heterocycles. The molecule has 1 aromatic rings. The maximum atomic E-state index is 12.1. The van der Waals surface area contributed by atoms with Gasteiger partial charge in [0.25, 0.3) is 5.91 Å². The van der Waals surface area contributed by atoms with E-state index < -0.39 is 0 Å². The predicted molar refractivity (Wildman–Crippen MR) is 66.3 cm³/mol. The van der Waals surface area contributed by atoms with Gasteiger partial charge in [0.2, 0.25) is 0 Å². The summed E-state index contributed by atoms with van der Waals surface area (Å²) in [6.45, 7) is 3.20. The number of aromatic nitrogens is 1. The molecule has 90 valence electrons. The van der Waals surface area contributed by atoms with E-state index in [4.69, 9.17) is 11.1 Å². The lowest BCUT2D eigenvalue weighted by molar-refractivity contribution is 0.0787. The molecule has 0 aromatic carbocycles. The monoisotopic (exact) mass is 232 g/mol. The minimum absolute atomic E-state index is 0.0648. The van der Waals surface area contributed by atoms with Gasteiger partial charge in [0.15, 0.2) is 0 Å². The Morgan fingerprint density at radius 2 is 2.06 bits per heavy atom. The molecular weight excluding hydrogens is 216 g/mol. The van der Waals surface area contributed by atoms with E-state index >= 15 is 0 Å². The van der Waals surface area contributed by atoms with Gasteiger partial charge in [-0.05, 0) is 31.9 Å². The average molecular weight is 232 g/mol. The number of carbonyl (C=O) groups is 1. The van der Waals surface area contributed by atoms with Crippen molar-refractivity contribution in [3.8, 4) is 0 Å². The molecule has 1 aromatic heterocycles. The summed E-state index contributed by atoms with van der Waals surface area (Å²) in [4.78, 5) is 18.1. The number of nitrogens with zero attached hydrogens (tertiary/aromatic N) is 2. The number of rotatable bonds is 2. The Bertz CT molecular complexity index is 464. The molecule has 2 rings (SSSR count).